The van der Waals surface area contributed by atoms with Crippen LogP contribution in [0, 0.1) is 6.92 Å². The summed E-state index contributed by atoms with van der Waals surface area (Å²) >= 11 is 0. The van der Waals surface area contributed by atoms with Gasteiger partial charge in [0.2, 0.25) is 0 Å². The Balaban J connectivity index is 2.34. The lowest BCUT2D eigenvalue weighted by Crippen LogP contribution is -2.04. The van der Waals surface area contributed by atoms with Crippen LogP contribution in [-0.4, -0.2) is 18.3 Å². The molecular weight excluding hydrogens is 162 g/mol. The fraction of sp³-hybridized carbons (Fsp3) is 0.455. The molecule has 0 amide bonds. The molecule has 1 aromatic carbocycles. The third-order valence-electron chi connectivity index (χ3n) is 2.75. The Labute approximate surface area is 78.6 Å². The van der Waals surface area contributed by atoms with Crippen LogP contribution in [-0.2, 0) is 0 Å². The standard InChI is InChI=1S/C11H15NO/c1-8-3-2-4-10-11(8)9(5-6-13)7-12-10/h2-4,9,12-13H,5-7H2,1H3. The van der Waals surface area contributed by atoms with Crippen LogP contribution in [0.2, 0.25) is 0 Å². The molecule has 13 heavy (non-hydrogen) atoms. The maximum atomic E-state index is 8.92. The van der Waals surface area contributed by atoms with Gasteiger partial charge in [-0.1, -0.05) is 12.1 Å². The number of aliphatic hydroxyl groups is 1. The van der Waals surface area contributed by atoms with Crippen molar-refractivity contribution in [3.63, 3.8) is 0 Å². The van der Waals surface area contributed by atoms with Crippen molar-refractivity contribution in [1.82, 2.24) is 0 Å². The van der Waals surface area contributed by atoms with Crippen molar-refractivity contribution in [3.8, 4) is 0 Å². The number of anilines is 1. The van der Waals surface area contributed by atoms with Crippen LogP contribution in [0.1, 0.15) is 23.5 Å². The van der Waals surface area contributed by atoms with Crippen molar-refractivity contribution < 1.29 is 5.11 Å². The van der Waals surface area contributed by atoms with Crippen LogP contribution in [0.4, 0.5) is 5.69 Å². The van der Waals surface area contributed by atoms with Crippen LogP contribution in [0.25, 0.3) is 0 Å². The van der Waals surface area contributed by atoms with Crippen molar-refractivity contribution in [2.24, 2.45) is 0 Å². The third-order valence-corrected chi connectivity index (χ3v) is 2.75. The van der Waals surface area contributed by atoms with Gasteiger partial charge >= 0.3 is 0 Å². The molecule has 0 fully saturated rings. The largest absolute Gasteiger partial charge is 0.396 e. The summed E-state index contributed by atoms with van der Waals surface area (Å²) in [5.74, 6) is 0.501. The van der Waals surface area contributed by atoms with Crippen molar-refractivity contribution in [2.45, 2.75) is 19.3 Å². The summed E-state index contributed by atoms with van der Waals surface area (Å²) in [6.07, 6.45) is 0.866. The SMILES string of the molecule is Cc1cccc2c1C(CCO)CN2. The van der Waals surface area contributed by atoms with Crippen LogP contribution in [0.15, 0.2) is 18.2 Å². The molecule has 0 saturated carbocycles. The number of rotatable bonds is 2. The van der Waals surface area contributed by atoms with Gasteiger partial charge < -0.3 is 10.4 Å². The highest BCUT2D eigenvalue weighted by molar-refractivity contribution is 5.60. The molecule has 0 bridgehead atoms. The molecule has 1 atom stereocenters. The van der Waals surface area contributed by atoms with E-state index in [0.717, 1.165) is 13.0 Å². The highest BCUT2D eigenvalue weighted by atomic mass is 16.3. The fourth-order valence-electron chi connectivity index (χ4n) is 2.11. The number of benzene rings is 1. The maximum absolute atomic E-state index is 8.92. The second-order valence-electron chi connectivity index (χ2n) is 3.63. The van der Waals surface area contributed by atoms with Crippen molar-refractivity contribution in [2.75, 3.05) is 18.5 Å². The summed E-state index contributed by atoms with van der Waals surface area (Å²) in [6, 6.07) is 6.32. The number of aryl methyl sites for hydroxylation is 1. The molecule has 1 aliphatic heterocycles. The van der Waals surface area contributed by atoms with Gasteiger partial charge in [-0.25, -0.2) is 0 Å². The summed E-state index contributed by atoms with van der Waals surface area (Å²) in [5.41, 5.74) is 3.98. The molecule has 1 aliphatic rings. The Kier molecular flexibility index (Phi) is 2.23. The zero-order chi connectivity index (χ0) is 9.26. The molecule has 0 spiro atoms. The Morgan fingerprint density at radius 3 is 3.15 bits per heavy atom. The minimum Gasteiger partial charge on any atom is -0.396 e. The van der Waals surface area contributed by atoms with Gasteiger partial charge in [0.25, 0.3) is 0 Å². The van der Waals surface area contributed by atoms with E-state index >= 15 is 0 Å². The second kappa shape index (κ2) is 3.38. The first-order chi connectivity index (χ1) is 6.33. The van der Waals surface area contributed by atoms with Crippen LogP contribution < -0.4 is 5.32 Å². The smallest absolute Gasteiger partial charge is 0.0437 e. The topological polar surface area (TPSA) is 32.3 Å². The number of aliphatic hydroxyl groups excluding tert-OH is 1. The second-order valence-corrected chi connectivity index (χ2v) is 3.63. The van der Waals surface area contributed by atoms with Gasteiger partial charge in [0.15, 0.2) is 0 Å². The number of fused-ring (bicyclic) bond motifs is 1. The summed E-state index contributed by atoms with van der Waals surface area (Å²) < 4.78 is 0. The van der Waals surface area contributed by atoms with Crippen LogP contribution in [0.3, 0.4) is 0 Å². The van der Waals surface area contributed by atoms with E-state index in [1.165, 1.54) is 16.8 Å². The lowest BCUT2D eigenvalue weighted by molar-refractivity contribution is 0.278. The molecule has 70 valence electrons. The van der Waals surface area contributed by atoms with E-state index in [4.69, 9.17) is 5.11 Å². The van der Waals surface area contributed by atoms with E-state index in [2.05, 4.69) is 30.4 Å². The zero-order valence-corrected chi connectivity index (χ0v) is 7.88. The molecule has 1 unspecified atom stereocenters. The third kappa shape index (κ3) is 1.42. The Morgan fingerprint density at radius 1 is 1.54 bits per heavy atom. The fourth-order valence-corrected chi connectivity index (χ4v) is 2.11. The van der Waals surface area contributed by atoms with E-state index in [-0.39, 0.29) is 6.61 Å². The molecule has 0 aliphatic carbocycles. The van der Waals surface area contributed by atoms with E-state index in [9.17, 15) is 0 Å². The first kappa shape index (κ1) is 8.57. The van der Waals surface area contributed by atoms with Gasteiger partial charge in [0.05, 0.1) is 0 Å². The van der Waals surface area contributed by atoms with Crippen molar-refractivity contribution in [3.05, 3.63) is 29.3 Å². The molecular formula is C11H15NO. The number of hydrogen-bond donors (Lipinski definition) is 2. The Bertz CT molecular complexity index is 307. The quantitative estimate of drug-likeness (QED) is 0.723. The van der Waals surface area contributed by atoms with E-state index in [1.807, 2.05) is 0 Å². The van der Waals surface area contributed by atoms with Gasteiger partial charge in [0.1, 0.15) is 0 Å². The number of hydrogen-bond acceptors (Lipinski definition) is 2. The van der Waals surface area contributed by atoms with Gasteiger partial charge in [-0.2, -0.15) is 0 Å². The van der Waals surface area contributed by atoms with Gasteiger partial charge in [-0.3, -0.25) is 0 Å². The Morgan fingerprint density at radius 2 is 2.38 bits per heavy atom. The molecule has 2 heteroatoms. The molecule has 0 saturated heterocycles. The van der Waals surface area contributed by atoms with Crippen molar-refractivity contribution in [1.29, 1.82) is 0 Å². The monoisotopic (exact) mass is 177 g/mol. The predicted molar refractivity (Wildman–Crippen MR) is 54.1 cm³/mol. The first-order valence-corrected chi connectivity index (χ1v) is 4.77. The average molecular weight is 177 g/mol. The average Bonchev–Trinajstić information content (AvgIpc) is 2.51. The zero-order valence-electron chi connectivity index (χ0n) is 7.88. The van der Waals surface area contributed by atoms with E-state index in [0.29, 0.717) is 5.92 Å². The summed E-state index contributed by atoms with van der Waals surface area (Å²) in [6.45, 7) is 3.39. The molecule has 2 N–H and O–H groups in total. The summed E-state index contributed by atoms with van der Waals surface area (Å²) in [4.78, 5) is 0. The summed E-state index contributed by atoms with van der Waals surface area (Å²) in [7, 11) is 0. The highest BCUT2D eigenvalue weighted by Gasteiger charge is 2.22. The molecule has 1 heterocycles. The maximum Gasteiger partial charge on any atom is 0.0437 e. The number of nitrogens with one attached hydrogen (secondary N) is 1. The normalized spacial score (nSPS) is 19.7. The summed E-state index contributed by atoms with van der Waals surface area (Å²) in [5, 5.41) is 12.3. The van der Waals surface area contributed by atoms with Crippen LogP contribution in [0.5, 0.6) is 0 Å². The minimum absolute atomic E-state index is 0.278. The van der Waals surface area contributed by atoms with Gasteiger partial charge in [0, 0.05) is 24.8 Å². The molecule has 1 aromatic rings. The predicted octanol–water partition coefficient (Wildman–Crippen LogP) is 1.89. The molecule has 0 aromatic heterocycles. The Hall–Kier alpha value is -1.02. The lowest BCUT2D eigenvalue weighted by atomic mass is 9.94. The van der Waals surface area contributed by atoms with E-state index in [1.54, 1.807) is 0 Å². The molecule has 0 radical (unpaired) electrons. The molecule has 2 nitrogen and oxygen atoms in total. The van der Waals surface area contributed by atoms with Gasteiger partial charge in [-0.15, -0.1) is 0 Å². The highest BCUT2D eigenvalue weighted by Crippen LogP contribution is 2.35. The van der Waals surface area contributed by atoms with Gasteiger partial charge in [-0.05, 0) is 30.5 Å². The first-order valence-electron chi connectivity index (χ1n) is 4.77. The van der Waals surface area contributed by atoms with Crippen molar-refractivity contribution >= 4 is 5.69 Å². The van der Waals surface area contributed by atoms with Crippen LogP contribution >= 0.6 is 0 Å². The minimum atomic E-state index is 0.278. The molecule has 2 rings (SSSR count). The van der Waals surface area contributed by atoms with E-state index < -0.39 is 0 Å². The lowest BCUT2D eigenvalue weighted by Gasteiger charge is -2.10.